The number of ketones is 1. The van der Waals surface area contributed by atoms with Crippen LogP contribution < -0.4 is 5.76 Å². The Kier molecular flexibility index (Phi) is 2.64. The molecule has 1 aromatic heterocycles. The minimum atomic E-state index is -0.661. The molecule has 15 heavy (non-hydrogen) atoms. The van der Waals surface area contributed by atoms with E-state index in [4.69, 9.17) is 4.42 Å². The molecular formula is C10H6BrNO3. The number of carbonyl (C=O) groups is 1. The molecule has 2 aromatic rings. The largest absolute Gasteiger partial charge is 0.439 e. The molecule has 0 spiro atoms. The second-order valence-corrected chi connectivity index (χ2v) is 3.50. The molecule has 0 radical (unpaired) electrons. The van der Waals surface area contributed by atoms with E-state index in [0.717, 1.165) is 0 Å². The average Bonchev–Trinajstić information content (AvgIpc) is 2.27. The van der Waals surface area contributed by atoms with Crippen LogP contribution in [0.3, 0.4) is 0 Å². The van der Waals surface area contributed by atoms with Crippen molar-refractivity contribution < 1.29 is 9.21 Å². The molecule has 1 aromatic carbocycles. The maximum atomic E-state index is 11.4. The molecule has 0 atom stereocenters. The molecule has 76 valence electrons. The number of hydrogen-bond donors (Lipinski definition) is 0. The van der Waals surface area contributed by atoms with Gasteiger partial charge in [-0.15, -0.1) is 0 Å². The number of hydrogen-bond acceptors (Lipinski definition) is 4. The fourth-order valence-electron chi connectivity index (χ4n) is 1.22. The van der Waals surface area contributed by atoms with E-state index >= 15 is 0 Å². The van der Waals surface area contributed by atoms with Gasteiger partial charge in [-0.1, -0.05) is 22.0 Å². The standard InChI is InChI=1S/C10H6BrNO3/c11-4-8(13)6-1-2-7-5-12-10(14)15-9(7)3-6/h1-3,5H,4H2. The highest BCUT2D eigenvalue weighted by Gasteiger charge is 2.06. The molecule has 5 heteroatoms. The van der Waals surface area contributed by atoms with E-state index < -0.39 is 5.76 Å². The van der Waals surface area contributed by atoms with Gasteiger partial charge in [-0.2, -0.15) is 4.98 Å². The predicted molar refractivity (Wildman–Crippen MR) is 58.4 cm³/mol. The number of benzene rings is 1. The van der Waals surface area contributed by atoms with Crippen LogP contribution in [0, 0.1) is 0 Å². The number of Topliss-reactive ketones (excluding diaryl/α,β-unsaturated/α-hetero) is 1. The van der Waals surface area contributed by atoms with Crippen LogP contribution in [0.2, 0.25) is 0 Å². The van der Waals surface area contributed by atoms with Crippen molar-refractivity contribution in [2.45, 2.75) is 0 Å². The minimum absolute atomic E-state index is 0.0589. The van der Waals surface area contributed by atoms with Crippen molar-refractivity contribution in [2.75, 3.05) is 5.33 Å². The number of alkyl halides is 1. The van der Waals surface area contributed by atoms with Gasteiger partial charge in [0.2, 0.25) is 0 Å². The minimum Gasteiger partial charge on any atom is -0.408 e. The maximum Gasteiger partial charge on any atom is 0.439 e. The van der Waals surface area contributed by atoms with Crippen LogP contribution in [0.5, 0.6) is 0 Å². The molecule has 0 aliphatic rings. The van der Waals surface area contributed by atoms with E-state index in [2.05, 4.69) is 20.9 Å². The Balaban J connectivity index is 2.64. The lowest BCUT2D eigenvalue weighted by molar-refractivity contribution is 0.102. The summed E-state index contributed by atoms with van der Waals surface area (Å²) in [6.07, 6.45) is 1.42. The van der Waals surface area contributed by atoms with Crippen LogP contribution in [0.1, 0.15) is 10.4 Å². The van der Waals surface area contributed by atoms with E-state index in [-0.39, 0.29) is 11.1 Å². The Labute approximate surface area is 93.1 Å². The molecule has 0 amide bonds. The number of rotatable bonds is 2. The third-order valence-electron chi connectivity index (χ3n) is 1.96. The summed E-state index contributed by atoms with van der Waals surface area (Å²) in [5, 5.41) is 0.939. The summed E-state index contributed by atoms with van der Waals surface area (Å²) in [7, 11) is 0. The Morgan fingerprint density at radius 2 is 2.27 bits per heavy atom. The highest BCUT2D eigenvalue weighted by Crippen LogP contribution is 2.14. The Morgan fingerprint density at radius 3 is 3.00 bits per heavy atom. The lowest BCUT2D eigenvalue weighted by Gasteiger charge is -1.98. The van der Waals surface area contributed by atoms with E-state index in [1.54, 1.807) is 18.2 Å². The maximum absolute atomic E-state index is 11.4. The van der Waals surface area contributed by atoms with E-state index in [1.807, 2.05) is 0 Å². The first-order valence-electron chi connectivity index (χ1n) is 4.20. The molecule has 1 heterocycles. The zero-order valence-electron chi connectivity index (χ0n) is 7.57. The molecule has 0 N–H and O–H groups in total. The summed E-state index contributed by atoms with van der Waals surface area (Å²) in [4.78, 5) is 25.7. The van der Waals surface area contributed by atoms with Crippen LogP contribution in [0.4, 0.5) is 0 Å². The van der Waals surface area contributed by atoms with Crippen molar-refractivity contribution in [3.05, 3.63) is 40.5 Å². The van der Waals surface area contributed by atoms with Gasteiger partial charge in [-0.3, -0.25) is 4.79 Å². The summed E-state index contributed by atoms with van der Waals surface area (Å²) < 4.78 is 4.86. The highest BCUT2D eigenvalue weighted by atomic mass is 79.9. The quantitative estimate of drug-likeness (QED) is 0.615. The number of nitrogens with zero attached hydrogens (tertiary/aromatic N) is 1. The molecule has 0 aliphatic carbocycles. The topological polar surface area (TPSA) is 60.2 Å². The third-order valence-corrected chi connectivity index (χ3v) is 2.47. The lowest BCUT2D eigenvalue weighted by Crippen LogP contribution is -2.03. The molecule has 2 rings (SSSR count). The Morgan fingerprint density at radius 1 is 1.47 bits per heavy atom. The summed E-state index contributed by atoms with van der Waals surface area (Å²) in [6, 6.07) is 4.91. The van der Waals surface area contributed by atoms with Crippen molar-refractivity contribution in [3.63, 3.8) is 0 Å². The van der Waals surface area contributed by atoms with Crippen LogP contribution >= 0.6 is 15.9 Å². The van der Waals surface area contributed by atoms with Gasteiger partial charge in [-0.25, -0.2) is 4.79 Å². The van der Waals surface area contributed by atoms with Gasteiger partial charge in [0.25, 0.3) is 0 Å². The zero-order chi connectivity index (χ0) is 10.8. The van der Waals surface area contributed by atoms with Crippen LogP contribution in [0.15, 0.2) is 33.6 Å². The normalized spacial score (nSPS) is 10.5. The summed E-state index contributed by atoms with van der Waals surface area (Å²) in [5.41, 5.74) is 0.885. The molecule has 0 bridgehead atoms. The van der Waals surface area contributed by atoms with Gasteiger partial charge in [0.1, 0.15) is 5.58 Å². The fraction of sp³-hybridized carbons (Fsp3) is 0.100. The van der Waals surface area contributed by atoms with Crippen molar-refractivity contribution in [2.24, 2.45) is 0 Å². The van der Waals surface area contributed by atoms with Crippen molar-refractivity contribution >= 4 is 32.7 Å². The predicted octanol–water partition coefficient (Wildman–Crippen LogP) is 1.77. The number of halogens is 1. The summed E-state index contributed by atoms with van der Waals surface area (Å²) in [6.45, 7) is 0. The number of fused-ring (bicyclic) bond motifs is 1. The Bertz CT molecular complexity index is 576. The number of aromatic nitrogens is 1. The molecule has 0 saturated heterocycles. The van der Waals surface area contributed by atoms with E-state index in [9.17, 15) is 9.59 Å². The van der Waals surface area contributed by atoms with Crippen molar-refractivity contribution in [3.8, 4) is 0 Å². The zero-order valence-corrected chi connectivity index (χ0v) is 9.15. The second kappa shape index (κ2) is 3.94. The molecular weight excluding hydrogens is 262 g/mol. The van der Waals surface area contributed by atoms with E-state index in [1.165, 1.54) is 6.20 Å². The first kappa shape index (κ1) is 10.0. The monoisotopic (exact) mass is 267 g/mol. The van der Waals surface area contributed by atoms with Crippen LogP contribution in [-0.2, 0) is 0 Å². The lowest BCUT2D eigenvalue weighted by atomic mass is 10.1. The van der Waals surface area contributed by atoms with Crippen LogP contribution in [-0.4, -0.2) is 16.1 Å². The first-order chi connectivity index (χ1) is 7.20. The first-order valence-corrected chi connectivity index (χ1v) is 5.32. The van der Waals surface area contributed by atoms with Gasteiger partial charge in [0.05, 0.1) is 5.33 Å². The van der Waals surface area contributed by atoms with Gasteiger partial charge in [-0.05, 0) is 12.1 Å². The molecule has 4 nitrogen and oxygen atoms in total. The second-order valence-electron chi connectivity index (χ2n) is 2.94. The van der Waals surface area contributed by atoms with E-state index in [0.29, 0.717) is 16.5 Å². The van der Waals surface area contributed by atoms with Gasteiger partial charge in [0, 0.05) is 17.1 Å². The third kappa shape index (κ3) is 1.97. The molecule has 0 saturated carbocycles. The van der Waals surface area contributed by atoms with Crippen molar-refractivity contribution in [1.82, 2.24) is 4.98 Å². The SMILES string of the molecule is O=C(CBr)c1ccc2cnc(=O)oc2c1. The average molecular weight is 268 g/mol. The van der Waals surface area contributed by atoms with Crippen LogP contribution in [0.25, 0.3) is 11.0 Å². The summed E-state index contributed by atoms with van der Waals surface area (Å²) in [5.74, 6) is -0.720. The van der Waals surface area contributed by atoms with Gasteiger partial charge < -0.3 is 4.42 Å². The van der Waals surface area contributed by atoms with Gasteiger partial charge >= 0.3 is 5.76 Å². The number of carbonyl (C=O) groups excluding carboxylic acids is 1. The smallest absolute Gasteiger partial charge is 0.408 e. The summed E-state index contributed by atoms with van der Waals surface area (Å²) >= 11 is 3.08. The fourth-order valence-corrected chi connectivity index (χ4v) is 1.55. The molecule has 0 fully saturated rings. The Hall–Kier alpha value is -1.49. The molecule has 0 unspecified atom stereocenters. The highest BCUT2D eigenvalue weighted by molar-refractivity contribution is 9.09. The van der Waals surface area contributed by atoms with Gasteiger partial charge in [0.15, 0.2) is 5.78 Å². The molecule has 0 aliphatic heterocycles. The van der Waals surface area contributed by atoms with Crippen molar-refractivity contribution in [1.29, 1.82) is 0 Å².